The van der Waals surface area contributed by atoms with Gasteiger partial charge in [0.05, 0.1) is 22.4 Å². The van der Waals surface area contributed by atoms with Crippen LogP contribution in [0.2, 0.25) is 5.02 Å². The first-order valence-corrected chi connectivity index (χ1v) is 10.5. The summed E-state index contributed by atoms with van der Waals surface area (Å²) in [4.78, 5) is 21.6. The van der Waals surface area contributed by atoms with E-state index in [1.54, 1.807) is 18.4 Å². The lowest BCUT2D eigenvalue weighted by Gasteiger charge is -2.34. The predicted molar refractivity (Wildman–Crippen MR) is 113 cm³/mol. The Balaban J connectivity index is 1.50. The smallest absolute Gasteiger partial charge is 0.255 e. The van der Waals surface area contributed by atoms with Gasteiger partial charge in [-0.2, -0.15) is 0 Å². The highest BCUT2D eigenvalue weighted by molar-refractivity contribution is 9.10. The van der Waals surface area contributed by atoms with Crippen molar-refractivity contribution in [3.05, 3.63) is 51.5 Å². The van der Waals surface area contributed by atoms with Crippen LogP contribution in [0.15, 0.2) is 40.9 Å². The number of fused-ring (bicyclic) bond motifs is 1. The molecule has 8 heteroatoms. The van der Waals surface area contributed by atoms with Crippen LogP contribution in [0.4, 0.5) is 5.13 Å². The molecule has 2 aromatic carbocycles. The van der Waals surface area contributed by atoms with Crippen molar-refractivity contribution >= 4 is 60.1 Å². The average molecular weight is 467 g/mol. The van der Waals surface area contributed by atoms with Crippen LogP contribution in [0.1, 0.15) is 10.4 Å². The SMILES string of the molecule is COc1c(Cl)ccc2sc(N3CCN(C(=O)c4ccccc4Br)CC3)nc12. The maximum absolute atomic E-state index is 12.8. The van der Waals surface area contributed by atoms with Crippen LogP contribution in [0, 0.1) is 0 Å². The van der Waals surface area contributed by atoms with Gasteiger partial charge in [-0.1, -0.05) is 35.1 Å². The van der Waals surface area contributed by atoms with Crippen LogP contribution < -0.4 is 9.64 Å². The number of thiazole rings is 1. The fraction of sp³-hybridized carbons (Fsp3) is 0.263. The van der Waals surface area contributed by atoms with Crippen molar-refractivity contribution in [2.45, 2.75) is 0 Å². The fourth-order valence-corrected chi connectivity index (χ4v) is 4.87. The lowest BCUT2D eigenvalue weighted by Crippen LogP contribution is -2.48. The molecule has 1 aromatic heterocycles. The molecule has 0 aliphatic carbocycles. The summed E-state index contributed by atoms with van der Waals surface area (Å²) >= 11 is 11.3. The largest absolute Gasteiger partial charge is 0.493 e. The van der Waals surface area contributed by atoms with Crippen molar-refractivity contribution in [2.75, 3.05) is 38.2 Å². The monoisotopic (exact) mass is 465 g/mol. The maximum atomic E-state index is 12.8. The summed E-state index contributed by atoms with van der Waals surface area (Å²) in [6.07, 6.45) is 0. The Labute approximate surface area is 174 Å². The summed E-state index contributed by atoms with van der Waals surface area (Å²) in [6, 6.07) is 11.3. The minimum atomic E-state index is 0.0554. The standard InChI is InChI=1S/C19H17BrClN3O2S/c1-26-17-14(21)6-7-15-16(17)22-19(27-15)24-10-8-23(9-11-24)18(25)12-4-2-3-5-13(12)20/h2-7H,8-11H2,1H3. The van der Waals surface area contributed by atoms with Gasteiger partial charge >= 0.3 is 0 Å². The first kappa shape index (κ1) is 18.5. The highest BCUT2D eigenvalue weighted by Crippen LogP contribution is 2.38. The molecule has 1 amide bonds. The van der Waals surface area contributed by atoms with E-state index in [0.29, 0.717) is 29.4 Å². The molecule has 1 aliphatic heterocycles. The van der Waals surface area contributed by atoms with Crippen LogP contribution in [0.3, 0.4) is 0 Å². The fourth-order valence-electron chi connectivity index (χ4n) is 3.17. The van der Waals surface area contributed by atoms with Gasteiger partial charge in [-0.25, -0.2) is 4.98 Å². The molecular weight excluding hydrogens is 450 g/mol. The molecular formula is C19H17BrClN3O2S. The van der Waals surface area contributed by atoms with Crippen LogP contribution in [0.5, 0.6) is 5.75 Å². The summed E-state index contributed by atoms with van der Waals surface area (Å²) in [7, 11) is 1.60. The van der Waals surface area contributed by atoms with Crippen molar-refractivity contribution in [3.63, 3.8) is 0 Å². The van der Waals surface area contributed by atoms with Gasteiger partial charge < -0.3 is 14.5 Å². The molecule has 0 unspecified atom stereocenters. The number of carbonyl (C=O) groups excluding carboxylic acids is 1. The molecule has 140 valence electrons. The van der Waals surface area contributed by atoms with Crippen LogP contribution in [-0.4, -0.2) is 49.1 Å². The molecule has 0 atom stereocenters. The lowest BCUT2D eigenvalue weighted by molar-refractivity contribution is 0.0746. The predicted octanol–water partition coefficient (Wildman–Crippen LogP) is 4.68. The summed E-state index contributed by atoms with van der Waals surface area (Å²) in [5, 5.41) is 1.49. The minimum absolute atomic E-state index is 0.0554. The number of piperazine rings is 1. The van der Waals surface area contributed by atoms with E-state index in [1.165, 1.54) is 0 Å². The normalized spacial score (nSPS) is 14.6. The van der Waals surface area contributed by atoms with Crippen molar-refractivity contribution in [2.24, 2.45) is 0 Å². The molecule has 0 radical (unpaired) electrons. The summed E-state index contributed by atoms with van der Waals surface area (Å²) in [6.45, 7) is 2.81. The van der Waals surface area contributed by atoms with Gasteiger partial charge in [0, 0.05) is 30.7 Å². The van der Waals surface area contributed by atoms with Crippen molar-refractivity contribution in [1.29, 1.82) is 0 Å². The Kier molecular flexibility index (Phi) is 5.25. The first-order chi connectivity index (χ1) is 13.1. The van der Waals surface area contributed by atoms with Gasteiger partial charge in [0.15, 0.2) is 10.9 Å². The molecule has 3 aromatic rings. The number of ether oxygens (including phenoxy) is 1. The van der Waals surface area contributed by atoms with E-state index >= 15 is 0 Å². The van der Waals surface area contributed by atoms with Crippen molar-refractivity contribution < 1.29 is 9.53 Å². The second-order valence-corrected chi connectivity index (χ2v) is 8.45. The van der Waals surface area contributed by atoms with Gasteiger partial charge in [0.25, 0.3) is 5.91 Å². The third-order valence-corrected chi connectivity index (χ3v) is 6.67. The topological polar surface area (TPSA) is 45.7 Å². The molecule has 1 saturated heterocycles. The first-order valence-electron chi connectivity index (χ1n) is 8.50. The van der Waals surface area contributed by atoms with Crippen LogP contribution in [-0.2, 0) is 0 Å². The number of carbonyl (C=O) groups is 1. The average Bonchev–Trinajstić information content (AvgIpc) is 3.12. The third kappa shape index (κ3) is 3.51. The van der Waals surface area contributed by atoms with Crippen molar-refractivity contribution in [3.8, 4) is 5.75 Å². The van der Waals surface area contributed by atoms with E-state index in [9.17, 15) is 4.79 Å². The second-order valence-electron chi connectivity index (χ2n) is 6.18. The zero-order valence-corrected chi connectivity index (χ0v) is 17.8. The highest BCUT2D eigenvalue weighted by atomic mass is 79.9. The third-order valence-electron chi connectivity index (χ3n) is 4.60. The molecule has 1 fully saturated rings. The van der Waals surface area contributed by atoms with E-state index in [4.69, 9.17) is 21.3 Å². The second kappa shape index (κ2) is 7.66. The van der Waals surface area contributed by atoms with Crippen LogP contribution in [0.25, 0.3) is 10.2 Å². The summed E-state index contributed by atoms with van der Waals surface area (Å²) in [5.74, 6) is 0.666. The number of methoxy groups -OCH3 is 1. The summed E-state index contributed by atoms with van der Waals surface area (Å²) < 4.78 is 7.27. The number of aromatic nitrogens is 1. The van der Waals surface area contributed by atoms with E-state index < -0.39 is 0 Å². The number of nitrogens with zero attached hydrogens (tertiary/aromatic N) is 3. The number of amides is 1. The molecule has 5 nitrogen and oxygen atoms in total. The van der Waals surface area contributed by atoms with Gasteiger partial charge in [-0.05, 0) is 40.2 Å². The quantitative estimate of drug-likeness (QED) is 0.562. The van der Waals surface area contributed by atoms with E-state index in [1.807, 2.05) is 41.3 Å². The number of hydrogen-bond acceptors (Lipinski definition) is 5. The Morgan fingerprint density at radius 2 is 1.93 bits per heavy atom. The molecule has 0 N–H and O–H groups in total. The van der Waals surface area contributed by atoms with Gasteiger partial charge in [-0.15, -0.1) is 0 Å². The number of hydrogen-bond donors (Lipinski definition) is 0. The number of benzene rings is 2. The Hall–Kier alpha value is -1.83. The molecule has 27 heavy (non-hydrogen) atoms. The Morgan fingerprint density at radius 3 is 2.63 bits per heavy atom. The van der Waals surface area contributed by atoms with E-state index in [-0.39, 0.29) is 5.91 Å². The van der Waals surface area contributed by atoms with Gasteiger partial charge in [-0.3, -0.25) is 4.79 Å². The zero-order valence-electron chi connectivity index (χ0n) is 14.6. The van der Waals surface area contributed by atoms with E-state index in [2.05, 4.69) is 20.8 Å². The zero-order chi connectivity index (χ0) is 19.0. The van der Waals surface area contributed by atoms with E-state index in [0.717, 1.165) is 32.9 Å². The molecule has 0 spiro atoms. The number of halogens is 2. The molecule has 0 saturated carbocycles. The Bertz CT molecular complexity index is 1000. The highest BCUT2D eigenvalue weighted by Gasteiger charge is 2.25. The van der Waals surface area contributed by atoms with Gasteiger partial charge in [0.1, 0.15) is 5.52 Å². The maximum Gasteiger partial charge on any atom is 0.255 e. The van der Waals surface area contributed by atoms with Crippen LogP contribution >= 0.6 is 38.9 Å². The number of anilines is 1. The molecule has 4 rings (SSSR count). The summed E-state index contributed by atoms with van der Waals surface area (Å²) in [5.41, 5.74) is 1.49. The lowest BCUT2D eigenvalue weighted by atomic mass is 10.2. The van der Waals surface area contributed by atoms with Crippen molar-refractivity contribution in [1.82, 2.24) is 9.88 Å². The van der Waals surface area contributed by atoms with Gasteiger partial charge in [0.2, 0.25) is 0 Å². The minimum Gasteiger partial charge on any atom is -0.493 e. The Morgan fingerprint density at radius 1 is 1.19 bits per heavy atom. The molecule has 2 heterocycles. The number of rotatable bonds is 3. The molecule has 0 bridgehead atoms. The molecule has 1 aliphatic rings.